The van der Waals surface area contributed by atoms with Gasteiger partial charge in [-0.3, -0.25) is 4.57 Å². The lowest BCUT2D eigenvalue weighted by molar-refractivity contribution is 1.08. The molecule has 41 heavy (non-hydrogen) atoms. The number of aryl methyl sites for hydroxylation is 4. The molecule has 7 heteroatoms. The number of para-hydroxylation sites is 1. The Bertz CT molecular complexity index is 2330. The lowest BCUT2D eigenvalue weighted by Crippen LogP contribution is -2.54. The van der Waals surface area contributed by atoms with E-state index in [9.17, 15) is 10.5 Å². The Kier molecular flexibility index (Phi) is 4.62. The van der Waals surface area contributed by atoms with E-state index in [4.69, 9.17) is 0 Å². The molecule has 0 aliphatic carbocycles. The number of benzene rings is 4. The Morgan fingerprint density at radius 2 is 1.41 bits per heavy atom. The van der Waals surface area contributed by atoms with E-state index in [0.29, 0.717) is 11.2 Å². The summed E-state index contributed by atoms with van der Waals surface area (Å²) in [6, 6.07) is 26.0. The van der Waals surface area contributed by atoms with Crippen molar-refractivity contribution in [2.24, 2.45) is 0 Å². The van der Waals surface area contributed by atoms with E-state index >= 15 is 0 Å². The van der Waals surface area contributed by atoms with Gasteiger partial charge in [0, 0.05) is 44.5 Å². The molecular weight excluding hydrogens is 503 g/mol. The maximum atomic E-state index is 10.5. The van der Waals surface area contributed by atoms with Crippen LogP contribution in [0, 0.1) is 50.4 Å². The first-order valence-electron chi connectivity index (χ1n) is 13.7. The summed E-state index contributed by atoms with van der Waals surface area (Å²) in [7, 11) is 0. The zero-order valence-corrected chi connectivity index (χ0v) is 23.1. The summed E-state index contributed by atoms with van der Waals surface area (Å²) in [6.07, 6.45) is 1.73. The van der Waals surface area contributed by atoms with Crippen LogP contribution in [0.15, 0.2) is 66.9 Å². The monoisotopic (exact) mass is 526 g/mol. The number of fused-ring (bicyclic) bond motifs is 8. The lowest BCUT2D eigenvalue weighted by atomic mass is 9.47. The molecule has 0 spiro atoms. The first-order valence-corrected chi connectivity index (χ1v) is 13.7. The summed E-state index contributed by atoms with van der Waals surface area (Å²) >= 11 is 0. The van der Waals surface area contributed by atoms with Crippen molar-refractivity contribution < 1.29 is 0 Å². The molecule has 7 aromatic rings. The summed E-state index contributed by atoms with van der Waals surface area (Å²) in [5.74, 6) is 0.123. The minimum absolute atomic E-state index is 0.123. The second kappa shape index (κ2) is 8.07. The first-order chi connectivity index (χ1) is 19.9. The largest absolute Gasteiger partial charge is 0.375 e. The third-order valence-electron chi connectivity index (χ3n) is 8.60. The number of hydrogen-bond acceptors (Lipinski definition) is 4. The Labute approximate surface area is 236 Å². The molecule has 0 radical (unpaired) electrons. The van der Waals surface area contributed by atoms with Gasteiger partial charge in [0.25, 0.3) is 0 Å². The maximum absolute atomic E-state index is 10.5. The average molecular weight is 526 g/mol. The first kappa shape index (κ1) is 23.5. The minimum Gasteiger partial charge on any atom is -0.375 e. The van der Waals surface area contributed by atoms with Crippen molar-refractivity contribution in [3.8, 4) is 17.8 Å². The highest BCUT2D eigenvalue weighted by Crippen LogP contribution is 2.38. The van der Waals surface area contributed by atoms with Crippen LogP contribution >= 0.6 is 0 Å². The molecule has 0 atom stereocenters. The molecule has 4 heterocycles. The molecule has 1 aliphatic heterocycles. The second-order valence-electron chi connectivity index (χ2n) is 11.2. The standard InChI is InChI=1S/C34H23BN6/c1-18-11-20(3)31-24(13-18)25-14-19(2)12-21(4)32(25)41(31)35-27-7-5-6-8-28(27)40-33-23(10-9-22(15-36)30(33)35)26-17-38-29(16-37)39-34(26)40/h5-14,17H,1-4H3. The topological polar surface area (TPSA) is 83.2 Å². The average Bonchev–Trinajstić information content (AvgIpc) is 3.47. The predicted octanol–water partition coefficient (Wildman–Crippen LogP) is 5.63. The van der Waals surface area contributed by atoms with Crippen molar-refractivity contribution in [2.75, 3.05) is 0 Å². The van der Waals surface area contributed by atoms with Crippen molar-refractivity contribution in [1.29, 1.82) is 10.5 Å². The predicted molar refractivity (Wildman–Crippen MR) is 165 cm³/mol. The normalized spacial score (nSPS) is 12.3. The van der Waals surface area contributed by atoms with Crippen molar-refractivity contribution in [1.82, 2.24) is 19.0 Å². The Hall–Kier alpha value is -5.40. The van der Waals surface area contributed by atoms with Crippen LogP contribution in [0.1, 0.15) is 33.6 Å². The van der Waals surface area contributed by atoms with Crippen LogP contribution < -0.4 is 10.9 Å². The third kappa shape index (κ3) is 2.95. The van der Waals surface area contributed by atoms with E-state index in [1.807, 2.05) is 18.2 Å². The molecule has 3 aromatic heterocycles. The van der Waals surface area contributed by atoms with Crippen molar-refractivity contribution >= 4 is 61.5 Å². The lowest BCUT2D eigenvalue weighted by Gasteiger charge is -2.29. The van der Waals surface area contributed by atoms with Gasteiger partial charge in [0.1, 0.15) is 11.7 Å². The van der Waals surface area contributed by atoms with Crippen LogP contribution in [-0.2, 0) is 0 Å². The Morgan fingerprint density at radius 3 is 2.07 bits per heavy atom. The van der Waals surface area contributed by atoms with Crippen LogP contribution in [-0.4, -0.2) is 25.9 Å². The summed E-state index contributed by atoms with van der Waals surface area (Å²) in [6.45, 7) is 8.41. The van der Waals surface area contributed by atoms with Crippen LogP contribution in [0.4, 0.5) is 0 Å². The molecule has 0 amide bonds. The molecule has 0 saturated heterocycles. The zero-order valence-electron chi connectivity index (χ0n) is 23.1. The van der Waals surface area contributed by atoms with E-state index < -0.39 is 0 Å². The molecule has 8 rings (SSSR count). The van der Waals surface area contributed by atoms with Gasteiger partial charge in [0.05, 0.1) is 17.1 Å². The van der Waals surface area contributed by atoms with E-state index in [0.717, 1.165) is 32.9 Å². The molecule has 0 N–H and O–H groups in total. The number of nitriles is 2. The highest BCUT2D eigenvalue weighted by molar-refractivity contribution is 6.88. The fraction of sp³-hybridized carbons (Fsp3) is 0.118. The van der Waals surface area contributed by atoms with Gasteiger partial charge in [-0.15, -0.1) is 0 Å². The van der Waals surface area contributed by atoms with Crippen LogP contribution in [0.2, 0.25) is 0 Å². The quantitative estimate of drug-likeness (QED) is 0.260. The summed E-state index contributed by atoms with van der Waals surface area (Å²) in [5.41, 5.74) is 12.5. The molecule has 6 nitrogen and oxygen atoms in total. The molecule has 192 valence electrons. The van der Waals surface area contributed by atoms with Gasteiger partial charge >= 0.3 is 6.85 Å². The van der Waals surface area contributed by atoms with Crippen LogP contribution in [0.3, 0.4) is 0 Å². The molecular formula is C34H23BN6. The van der Waals surface area contributed by atoms with Crippen LogP contribution in [0.25, 0.3) is 49.4 Å². The highest BCUT2D eigenvalue weighted by atomic mass is 15.1. The van der Waals surface area contributed by atoms with Gasteiger partial charge in [-0.2, -0.15) is 10.5 Å². The second-order valence-corrected chi connectivity index (χ2v) is 11.2. The molecule has 0 saturated carbocycles. The van der Waals surface area contributed by atoms with Gasteiger partial charge < -0.3 is 4.48 Å². The summed E-state index contributed by atoms with van der Waals surface area (Å²) in [5, 5.41) is 24.4. The van der Waals surface area contributed by atoms with Crippen molar-refractivity contribution in [3.63, 3.8) is 0 Å². The summed E-state index contributed by atoms with van der Waals surface area (Å²) < 4.78 is 4.59. The van der Waals surface area contributed by atoms with Crippen molar-refractivity contribution in [2.45, 2.75) is 27.7 Å². The smallest absolute Gasteiger partial charge is 0.333 e. The SMILES string of the molecule is Cc1cc(C)c2c(c1)c1cc(C)cc(C)c1n2B1c2ccccc2-n2c3nc(C#N)ncc3c3ccc(C#N)c1c32. The number of hydrogen-bond donors (Lipinski definition) is 0. The van der Waals surface area contributed by atoms with Gasteiger partial charge in [0.15, 0.2) is 0 Å². The van der Waals surface area contributed by atoms with E-state index in [1.54, 1.807) is 6.20 Å². The minimum atomic E-state index is -0.257. The van der Waals surface area contributed by atoms with Crippen molar-refractivity contribution in [3.05, 3.63) is 101 Å². The number of nitrogens with zero attached hydrogens (tertiary/aromatic N) is 6. The third-order valence-corrected chi connectivity index (χ3v) is 8.60. The molecule has 0 unspecified atom stereocenters. The molecule has 4 aromatic carbocycles. The van der Waals surface area contributed by atoms with E-state index in [2.05, 4.69) is 101 Å². The number of aromatic nitrogens is 4. The van der Waals surface area contributed by atoms with Gasteiger partial charge in [-0.1, -0.05) is 47.5 Å². The van der Waals surface area contributed by atoms with E-state index in [1.165, 1.54) is 44.1 Å². The highest BCUT2D eigenvalue weighted by Gasteiger charge is 2.39. The molecule has 1 aliphatic rings. The number of rotatable bonds is 1. The van der Waals surface area contributed by atoms with Crippen LogP contribution in [0.5, 0.6) is 0 Å². The molecule has 0 fully saturated rings. The Morgan fingerprint density at radius 1 is 0.732 bits per heavy atom. The van der Waals surface area contributed by atoms with Gasteiger partial charge in [-0.05, 0) is 74.0 Å². The maximum Gasteiger partial charge on any atom is 0.333 e. The molecule has 0 bridgehead atoms. The zero-order chi connectivity index (χ0) is 28.2. The fourth-order valence-corrected chi connectivity index (χ4v) is 7.25. The van der Waals surface area contributed by atoms with Gasteiger partial charge in [0.2, 0.25) is 5.82 Å². The van der Waals surface area contributed by atoms with E-state index in [-0.39, 0.29) is 12.7 Å². The summed E-state index contributed by atoms with van der Waals surface area (Å²) in [4.78, 5) is 8.97. The fourth-order valence-electron chi connectivity index (χ4n) is 7.25. The Balaban J connectivity index is 1.65. The van der Waals surface area contributed by atoms with Gasteiger partial charge in [-0.25, -0.2) is 9.97 Å².